The van der Waals surface area contributed by atoms with Crippen molar-refractivity contribution in [2.75, 3.05) is 27.3 Å². The van der Waals surface area contributed by atoms with Gasteiger partial charge in [-0.05, 0) is 35.4 Å². The molecule has 0 aromatic heterocycles. The molecule has 0 fully saturated rings. The van der Waals surface area contributed by atoms with Gasteiger partial charge in [-0.1, -0.05) is 36.1 Å². The van der Waals surface area contributed by atoms with Gasteiger partial charge in [-0.2, -0.15) is 0 Å². The molecular formula is C22H22N2O5. The van der Waals surface area contributed by atoms with Crippen LogP contribution in [0.2, 0.25) is 0 Å². The predicted octanol–water partition coefficient (Wildman–Crippen LogP) is 0.445. The molecule has 0 heterocycles. The summed E-state index contributed by atoms with van der Waals surface area (Å²) in [5.74, 6) is 3.46. The number of aliphatic hydroxyl groups is 2. The number of nitrogens with zero attached hydrogens (tertiary/aromatic N) is 1. The van der Waals surface area contributed by atoms with Gasteiger partial charge in [0.25, 0.3) is 5.91 Å². The molecule has 0 saturated heterocycles. The molecule has 0 spiro atoms. The molecule has 7 heteroatoms. The highest BCUT2D eigenvalue weighted by Crippen LogP contribution is 2.21. The molecule has 0 aliphatic carbocycles. The molecule has 3 N–H and O–H groups in total. The Morgan fingerprint density at radius 1 is 1.00 bits per heavy atom. The highest BCUT2D eigenvalue weighted by molar-refractivity contribution is 6.10. The van der Waals surface area contributed by atoms with Crippen LogP contribution in [-0.2, 0) is 9.59 Å². The minimum atomic E-state index is -1.40. The monoisotopic (exact) mass is 394 g/mol. The first-order valence-corrected chi connectivity index (χ1v) is 8.85. The summed E-state index contributed by atoms with van der Waals surface area (Å²) in [4.78, 5) is 37.6. The third kappa shape index (κ3) is 5.29. The summed E-state index contributed by atoms with van der Waals surface area (Å²) in [5.41, 5.74) is 2.89. The van der Waals surface area contributed by atoms with Crippen LogP contribution >= 0.6 is 0 Å². The van der Waals surface area contributed by atoms with Gasteiger partial charge in [0.15, 0.2) is 11.8 Å². The van der Waals surface area contributed by atoms with Gasteiger partial charge in [-0.15, -0.1) is 0 Å². The van der Waals surface area contributed by atoms with Crippen LogP contribution in [0.1, 0.15) is 15.9 Å². The Kier molecular flexibility index (Phi) is 7.66. The summed E-state index contributed by atoms with van der Waals surface area (Å²) in [6, 6.07) is 12.8. The number of ketones is 1. The van der Waals surface area contributed by atoms with Gasteiger partial charge in [0.2, 0.25) is 5.91 Å². The van der Waals surface area contributed by atoms with E-state index in [1.807, 2.05) is 24.3 Å². The molecule has 2 aromatic carbocycles. The lowest BCUT2D eigenvalue weighted by atomic mass is 10.0. The Hall–Kier alpha value is -3.47. The van der Waals surface area contributed by atoms with Gasteiger partial charge in [0.05, 0.1) is 0 Å². The highest BCUT2D eigenvalue weighted by atomic mass is 16.3. The molecule has 0 saturated carbocycles. The number of amides is 2. The molecule has 2 rings (SSSR count). The van der Waals surface area contributed by atoms with Crippen molar-refractivity contribution in [1.29, 1.82) is 0 Å². The van der Waals surface area contributed by atoms with E-state index >= 15 is 0 Å². The maximum Gasteiger partial charge on any atom is 0.254 e. The normalized spacial score (nSPS) is 11.0. The second kappa shape index (κ2) is 10.2. The third-order valence-corrected chi connectivity index (χ3v) is 4.33. The first kappa shape index (κ1) is 21.8. The van der Waals surface area contributed by atoms with E-state index in [2.05, 4.69) is 17.2 Å². The predicted molar refractivity (Wildman–Crippen MR) is 108 cm³/mol. The van der Waals surface area contributed by atoms with E-state index in [4.69, 9.17) is 10.2 Å². The summed E-state index contributed by atoms with van der Waals surface area (Å²) < 4.78 is 0. The number of Topliss-reactive ketones (excluding diaryl/α,β-unsaturated/α-hetero) is 1. The molecule has 0 radical (unpaired) electrons. The van der Waals surface area contributed by atoms with Crippen molar-refractivity contribution >= 4 is 17.6 Å². The topological polar surface area (TPSA) is 107 Å². The lowest BCUT2D eigenvalue weighted by molar-refractivity contribution is -0.135. The van der Waals surface area contributed by atoms with Crippen molar-refractivity contribution in [2.45, 2.75) is 6.04 Å². The van der Waals surface area contributed by atoms with Crippen LogP contribution in [0, 0.1) is 11.8 Å². The van der Waals surface area contributed by atoms with E-state index in [9.17, 15) is 14.4 Å². The standard InChI is InChI=1S/C22H22N2O5/c1-23-21(28)20(19(27)14-26)24(2)22(29)18-11-9-17(10-12-18)16-7-5-15(6-8-16)4-3-13-25/h5-12,20,25-26H,13-14H2,1-2H3,(H,23,28). The van der Waals surface area contributed by atoms with Crippen LogP contribution in [0.25, 0.3) is 11.1 Å². The number of hydrogen-bond donors (Lipinski definition) is 3. The van der Waals surface area contributed by atoms with Crippen LogP contribution < -0.4 is 5.32 Å². The fraction of sp³-hybridized carbons (Fsp3) is 0.227. The van der Waals surface area contributed by atoms with Crippen molar-refractivity contribution in [3.8, 4) is 23.0 Å². The van der Waals surface area contributed by atoms with Gasteiger partial charge in [0.1, 0.15) is 13.2 Å². The molecule has 0 aliphatic heterocycles. The third-order valence-electron chi connectivity index (χ3n) is 4.33. The molecular weight excluding hydrogens is 372 g/mol. The summed E-state index contributed by atoms with van der Waals surface area (Å²) in [6.45, 7) is -1.04. The lowest BCUT2D eigenvalue weighted by Gasteiger charge is -2.25. The van der Waals surface area contributed by atoms with Crippen LogP contribution in [0.15, 0.2) is 48.5 Å². The number of carbonyl (C=O) groups is 3. The maximum absolute atomic E-state index is 12.7. The SMILES string of the molecule is CNC(=O)C(C(=O)CO)N(C)C(=O)c1ccc(-c2ccc(C#CCO)cc2)cc1. The fourth-order valence-electron chi connectivity index (χ4n) is 2.78. The summed E-state index contributed by atoms with van der Waals surface area (Å²) in [7, 11) is 2.70. The van der Waals surface area contributed by atoms with Gasteiger partial charge < -0.3 is 20.4 Å². The molecule has 1 unspecified atom stereocenters. The summed E-state index contributed by atoms with van der Waals surface area (Å²) in [5, 5.41) is 20.2. The average Bonchev–Trinajstić information content (AvgIpc) is 2.77. The Morgan fingerprint density at radius 2 is 1.55 bits per heavy atom. The number of likely N-dealkylation sites (N-methyl/N-ethyl adjacent to an activating group) is 2. The smallest absolute Gasteiger partial charge is 0.254 e. The Balaban J connectivity index is 2.21. The maximum atomic E-state index is 12.7. The first-order valence-electron chi connectivity index (χ1n) is 8.85. The van der Waals surface area contributed by atoms with Gasteiger partial charge in [-0.25, -0.2) is 0 Å². The number of nitrogens with one attached hydrogen (secondary N) is 1. The molecule has 1 atom stereocenters. The van der Waals surface area contributed by atoms with E-state index in [-0.39, 0.29) is 6.61 Å². The zero-order chi connectivity index (χ0) is 21.4. The van der Waals surface area contributed by atoms with Gasteiger partial charge in [-0.3, -0.25) is 14.4 Å². The van der Waals surface area contributed by atoms with Crippen molar-refractivity contribution in [2.24, 2.45) is 0 Å². The lowest BCUT2D eigenvalue weighted by Crippen LogP contribution is -2.52. The van der Waals surface area contributed by atoms with Crippen molar-refractivity contribution in [3.63, 3.8) is 0 Å². The zero-order valence-electron chi connectivity index (χ0n) is 16.2. The number of aliphatic hydroxyl groups excluding tert-OH is 2. The number of benzene rings is 2. The molecule has 2 amide bonds. The molecule has 7 nitrogen and oxygen atoms in total. The zero-order valence-corrected chi connectivity index (χ0v) is 16.2. The minimum Gasteiger partial charge on any atom is -0.388 e. The second-order valence-corrected chi connectivity index (χ2v) is 6.17. The molecule has 2 aromatic rings. The van der Waals surface area contributed by atoms with E-state index < -0.39 is 30.2 Å². The first-order chi connectivity index (χ1) is 13.9. The Morgan fingerprint density at radius 3 is 2.03 bits per heavy atom. The van der Waals surface area contributed by atoms with E-state index in [1.54, 1.807) is 24.3 Å². The molecule has 150 valence electrons. The Bertz CT molecular complexity index is 924. The van der Waals surface area contributed by atoms with Gasteiger partial charge in [0, 0.05) is 25.2 Å². The molecule has 29 heavy (non-hydrogen) atoms. The van der Waals surface area contributed by atoms with Crippen LogP contribution in [-0.4, -0.2) is 66.1 Å². The minimum absolute atomic E-state index is 0.198. The van der Waals surface area contributed by atoms with Crippen LogP contribution in [0.4, 0.5) is 0 Å². The van der Waals surface area contributed by atoms with Gasteiger partial charge >= 0.3 is 0 Å². The van der Waals surface area contributed by atoms with E-state index in [0.717, 1.165) is 21.6 Å². The van der Waals surface area contributed by atoms with E-state index in [0.29, 0.717) is 5.56 Å². The van der Waals surface area contributed by atoms with Crippen molar-refractivity contribution in [3.05, 3.63) is 59.7 Å². The summed E-state index contributed by atoms with van der Waals surface area (Å²) in [6.07, 6.45) is 0. The Labute approximate surface area is 169 Å². The average molecular weight is 394 g/mol. The quantitative estimate of drug-likeness (QED) is 0.487. The van der Waals surface area contributed by atoms with Crippen molar-refractivity contribution < 1.29 is 24.6 Å². The second-order valence-electron chi connectivity index (χ2n) is 6.17. The molecule has 0 aliphatic rings. The van der Waals surface area contributed by atoms with E-state index in [1.165, 1.54) is 14.1 Å². The molecule has 0 bridgehead atoms. The fourth-order valence-corrected chi connectivity index (χ4v) is 2.78. The number of carbonyl (C=O) groups excluding carboxylic acids is 3. The number of hydrogen-bond acceptors (Lipinski definition) is 5. The number of rotatable bonds is 6. The van der Waals surface area contributed by atoms with Crippen LogP contribution in [0.3, 0.4) is 0 Å². The summed E-state index contributed by atoms with van der Waals surface area (Å²) >= 11 is 0. The largest absolute Gasteiger partial charge is 0.388 e. The van der Waals surface area contributed by atoms with Crippen LogP contribution in [0.5, 0.6) is 0 Å². The van der Waals surface area contributed by atoms with Crippen molar-refractivity contribution in [1.82, 2.24) is 10.2 Å². The highest BCUT2D eigenvalue weighted by Gasteiger charge is 2.32.